The van der Waals surface area contributed by atoms with Gasteiger partial charge in [-0.1, -0.05) is 24.3 Å². The number of ether oxygens (including phenoxy) is 1. The molecule has 2 aromatic carbocycles. The van der Waals surface area contributed by atoms with Crippen molar-refractivity contribution in [1.29, 1.82) is 0 Å². The number of hydrogen-bond acceptors (Lipinski definition) is 5. The number of nitro groups is 1. The van der Waals surface area contributed by atoms with Crippen molar-refractivity contribution < 1.29 is 14.5 Å². The van der Waals surface area contributed by atoms with E-state index in [0.717, 1.165) is 38.4 Å². The summed E-state index contributed by atoms with van der Waals surface area (Å²) in [6.07, 6.45) is 0. The zero-order valence-corrected chi connectivity index (χ0v) is 14.4. The van der Waals surface area contributed by atoms with Crippen LogP contribution >= 0.6 is 0 Å². The molecule has 1 heterocycles. The van der Waals surface area contributed by atoms with E-state index in [2.05, 4.69) is 16.3 Å². The second-order valence-corrected chi connectivity index (χ2v) is 6.14. The Hall–Kier alpha value is -2.77. The van der Waals surface area contributed by atoms with Gasteiger partial charge in [0.2, 0.25) is 0 Å². The maximum Gasteiger partial charge on any atom is 0.269 e. The molecule has 0 radical (unpaired) electrons. The van der Waals surface area contributed by atoms with Gasteiger partial charge < -0.3 is 10.1 Å². The molecule has 2 aromatic rings. The summed E-state index contributed by atoms with van der Waals surface area (Å²) in [5.74, 6) is -0.249. The fraction of sp³-hybridized carbons (Fsp3) is 0.316. The predicted molar refractivity (Wildman–Crippen MR) is 96.8 cm³/mol. The van der Waals surface area contributed by atoms with Crippen LogP contribution < -0.4 is 5.32 Å². The van der Waals surface area contributed by atoms with Crippen LogP contribution in [0, 0.1) is 10.1 Å². The quantitative estimate of drug-likeness (QED) is 0.635. The Morgan fingerprint density at radius 3 is 2.38 bits per heavy atom. The number of amides is 1. The number of carbonyl (C=O) groups excluding carboxylic acids is 1. The first-order valence-electron chi connectivity index (χ1n) is 8.53. The molecule has 7 heteroatoms. The number of nitrogens with one attached hydrogen (secondary N) is 1. The van der Waals surface area contributed by atoms with Crippen molar-refractivity contribution in [2.45, 2.75) is 13.1 Å². The number of rotatable bonds is 6. The normalized spacial score (nSPS) is 14.8. The molecule has 0 bridgehead atoms. The van der Waals surface area contributed by atoms with E-state index in [9.17, 15) is 14.9 Å². The molecule has 0 atom stereocenters. The molecule has 0 aromatic heterocycles. The molecule has 3 rings (SSSR count). The van der Waals surface area contributed by atoms with Crippen molar-refractivity contribution in [1.82, 2.24) is 10.2 Å². The minimum absolute atomic E-state index is 0.0302. The molecule has 1 fully saturated rings. The molecule has 0 spiro atoms. The fourth-order valence-electron chi connectivity index (χ4n) is 2.90. The van der Waals surface area contributed by atoms with Crippen LogP contribution in [0.2, 0.25) is 0 Å². The highest BCUT2D eigenvalue weighted by Gasteiger charge is 2.14. The number of benzene rings is 2. The Labute approximate surface area is 151 Å². The van der Waals surface area contributed by atoms with Crippen LogP contribution in [0.25, 0.3) is 0 Å². The summed E-state index contributed by atoms with van der Waals surface area (Å²) in [5, 5.41) is 13.6. The average Bonchev–Trinajstić information content (AvgIpc) is 2.68. The lowest BCUT2D eigenvalue weighted by Gasteiger charge is -2.27. The van der Waals surface area contributed by atoms with Crippen LogP contribution in [-0.2, 0) is 17.8 Å². The molecule has 7 nitrogen and oxygen atoms in total. The van der Waals surface area contributed by atoms with Crippen LogP contribution in [0.4, 0.5) is 5.69 Å². The average molecular weight is 355 g/mol. The molecule has 1 saturated heterocycles. The minimum Gasteiger partial charge on any atom is -0.379 e. The Balaban J connectivity index is 1.61. The first-order chi connectivity index (χ1) is 12.6. The Morgan fingerprint density at radius 1 is 1.08 bits per heavy atom. The van der Waals surface area contributed by atoms with E-state index in [1.807, 2.05) is 18.2 Å². The third-order valence-electron chi connectivity index (χ3n) is 4.40. The van der Waals surface area contributed by atoms with E-state index in [1.54, 1.807) is 0 Å². The molecule has 0 saturated carbocycles. The van der Waals surface area contributed by atoms with E-state index < -0.39 is 4.92 Å². The smallest absolute Gasteiger partial charge is 0.269 e. The van der Waals surface area contributed by atoms with Gasteiger partial charge in [0.25, 0.3) is 11.6 Å². The standard InChI is InChI=1S/C19H21N3O4/c23-19(15-5-7-18(8-6-15)22(24)25)20-13-16-3-1-2-4-17(16)14-21-9-11-26-12-10-21/h1-8H,9-14H2,(H,20,23). The summed E-state index contributed by atoms with van der Waals surface area (Å²) in [6.45, 7) is 4.55. The second kappa shape index (κ2) is 8.55. The maximum atomic E-state index is 12.3. The monoisotopic (exact) mass is 355 g/mol. The Bertz CT molecular complexity index is 771. The number of carbonyl (C=O) groups is 1. The zero-order valence-electron chi connectivity index (χ0n) is 14.4. The van der Waals surface area contributed by atoms with Gasteiger partial charge in [-0.15, -0.1) is 0 Å². The van der Waals surface area contributed by atoms with Crippen molar-refractivity contribution in [3.05, 3.63) is 75.3 Å². The number of nitro benzene ring substituents is 1. The molecule has 0 aliphatic carbocycles. The summed E-state index contributed by atoms with van der Waals surface area (Å²) in [6, 6.07) is 13.6. The largest absolute Gasteiger partial charge is 0.379 e. The summed E-state index contributed by atoms with van der Waals surface area (Å²) in [7, 11) is 0. The summed E-state index contributed by atoms with van der Waals surface area (Å²) in [4.78, 5) is 24.8. The number of nitrogens with zero attached hydrogens (tertiary/aromatic N) is 2. The van der Waals surface area contributed by atoms with E-state index in [0.29, 0.717) is 12.1 Å². The van der Waals surface area contributed by atoms with Crippen LogP contribution in [0.3, 0.4) is 0 Å². The highest BCUT2D eigenvalue weighted by Crippen LogP contribution is 2.14. The number of hydrogen-bond donors (Lipinski definition) is 1. The first-order valence-corrected chi connectivity index (χ1v) is 8.53. The van der Waals surface area contributed by atoms with Crippen LogP contribution in [0.1, 0.15) is 21.5 Å². The molecule has 0 unspecified atom stereocenters. The molecule has 136 valence electrons. The van der Waals surface area contributed by atoms with Crippen LogP contribution in [-0.4, -0.2) is 42.0 Å². The summed E-state index contributed by atoms with van der Waals surface area (Å²) < 4.78 is 5.38. The third-order valence-corrected chi connectivity index (χ3v) is 4.40. The highest BCUT2D eigenvalue weighted by atomic mass is 16.6. The first kappa shape index (κ1) is 18.0. The number of non-ortho nitro benzene ring substituents is 1. The lowest BCUT2D eigenvalue weighted by molar-refractivity contribution is -0.384. The summed E-state index contributed by atoms with van der Waals surface area (Å²) >= 11 is 0. The van der Waals surface area contributed by atoms with Gasteiger partial charge in [0.1, 0.15) is 0 Å². The lowest BCUT2D eigenvalue weighted by atomic mass is 10.1. The van der Waals surface area contributed by atoms with E-state index in [4.69, 9.17) is 4.74 Å². The van der Waals surface area contributed by atoms with Gasteiger partial charge in [-0.05, 0) is 23.3 Å². The second-order valence-electron chi connectivity index (χ2n) is 6.14. The molecule has 1 aliphatic rings. The third kappa shape index (κ3) is 4.65. The predicted octanol–water partition coefficient (Wildman–Crippen LogP) is 2.36. The topological polar surface area (TPSA) is 84.7 Å². The van der Waals surface area contributed by atoms with Gasteiger partial charge in [0.15, 0.2) is 0 Å². The fourth-order valence-corrected chi connectivity index (χ4v) is 2.90. The molecule has 1 amide bonds. The lowest BCUT2D eigenvalue weighted by Crippen LogP contribution is -2.36. The maximum absolute atomic E-state index is 12.3. The van der Waals surface area contributed by atoms with Gasteiger partial charge in [-0.25, -0.2) is 0 Å². The van der Waals surface area contributed by atoms with Crippen LogP contribution in [0.15, 0.2) is 48.5 Å². The molecule has 1 N–H and O–H groups in total. The van der Waals surface area contributed by atoms with Crippen molar-refractivity contribution >= 4 is 11.6 Å². The van der Waals surface area contributed by atoms with Crippen LogP contribution in [0.5, 0.6) is 0 Å². The van der Waals surface area contributed by atoms with Crippen molar-refractivity contribution in [2.24, 2.45) is 0 Å². The number of morpholine rings is 1. The van der Waals surface area contributed by atoms with E-state index in [1.165, 1.54) is 29.8 Å². The highest BCUT2D eigenvalue weighted by molar-refractivity contribution is 5.94. The molecule has 26 heavy (non-hydrogen) atoms. The SMILES string of the molecule is O=C(NCc1ccccc1CN1CCOCC1)c1ccc([N+](=O)[O-])cc1. The van der Waals surface area contributed by atoms with Gasteiger partial charge in [0.05, 0.1) is 18.1 Å². The van der Waals surface area contributed by atoms with E-state index >= 15 is 0 Å². The molecular formula is C19H21N3O4. The van der Waals surface area contributed by atoms with Crippen molar-refractivity contribution in [3.8, 4) is 0 Å². The minimum atomic E-state index is -0.483. The van der Waals surface area contributed by atoms with Crippen molar-refractivity contribution in [2.75, 3.05) is 26.3 Å². The van der Waals surface area contributed by atoms with Gasteiger partial charge in [-0.3, -0.25) is 19.8 Å². The van der Waals surface area contributed by atoms with Gasteiger partial charge in [-0.2, -0.15) is 0 Å². The molecular weight excluding hydrogens is 334 g/mol. The van der Waals surface area contributed by atoms with Gasteiger partial charge in [0, 0.05) is 43.9 Å². The van der Waals surface area contributed by atoms with Crippen molar-refractivity contribution in [3.63, 3.8) is 0 Å². The molecule has 1 aliphatic heterocycles. The van der Waals surface area contributed by atoms with Gasteiger partial charge >= 0.3 is 0 Å². The Morgan fingerprint density at radius 2 is 1.73 bits per heavy atom. The Kier molecular flexibility index (Phi) is 5.93. The van der Waals surface area contributed by atoms with E-state index in [-0.39, 0.29) is 11.6 Å². The zero-order chi connectivity index (χ0) is 18.4. The summed E-state index contributed by atoms with van der Waals surface area (Å²) in [5.41, 5.74) is 2.62.